The van der Waals surface area contributed by atoms with E-state index in [0.29, 0.717) is 22.2 Å². The van der Waals surface area contributed by atoms with E-state index < -0.39 is 23.8 Å². The number of hydrogen-bond acceptors (Lipinski definition) is 6. The molecule has 1 atom stereocenters. The molecule has 0 saturated carbocycles. The van der Waals surface area contributed by atoms with E-state index in [9.17, 15) is 19.6 Å². The Kier molecular flexibility index (Phi) is 8.60. The summed E-state index contributed by atoms with van der Waals surface area (Å²) in [5.74, 6) is 1.15. The number of fused-ring (bicyclic) bond motifs is 2. The molecule has 0 aliphatic carbocycles. The smallest absolute Gasteiger partial charge is 0.347 e. The largest absolute Gasteiger partial charge is 0.462 e. The molecule has 0 radical (unpaired) electrons. The van der Waals surface area contributed by atoms with Crippen molar-refractivity contribution in [1.29, 1.82) is 0 Å². The second-order valence-electron chi connectivity index (χ2n) is 11.9. The van der Waals surface area contributed by atoms with Gasteiger partial charge in [-0.2, -0.15) is 5.06 Å². The van der Waals surface area contributed by atoms with Crippen LogP contribution in [0.4, 0.5) is 21.0 Å². The van der Waals surface area contributed by atoms with Crippen LogP contribution in [0.5, 0.6) is 0 Å². The van der Waals surface area contributed by atoms with Crippen LogP contribution < -0.4 is 10.2 Å². The quantitative estimate of drug-likeness (QED) is 0.0993. The van der Waals surface area contributed by atoms with E-state index in [0.717, 1.165) is 27.3 Å². The predicted octanol–water partition coefficient (Wildman–Crippen LogP) is 7.52. The fourth-order valence-electron chi connectivity index (χ4n) is 6.01. The predicted molar refractivity (Wildman–Crippen MR) is 184 cm³/mol. The number of Topliss-reactive ketones (excluding diaryl/α,β-unsaturated/α-hetero) is 1. The molecule has 1 saturated heterocycles. The number of nitrogens with zero attached hydrogens (tertiary/aromatic N) is 4. The zero-order chi connectivity index (χ0) is 33.1. The van der Waals surface area contributed by atoms with E-state index in [1.54, 1.807) is 38.1 Å². The number of allylic oxidation sites excluding steroid dienone is 1. The molecule has 4 aromatic carbocycles. The molecule has 1 aromatic heterocycles. The Balaban J connectivity index is 1.29. The third kappa shape index (κ3) is 6.23. The number of anilines is 2. The number of rotatable bonds is 9. The lowest BCUT2D eigenvalue weighted by Gasteiger charge is -2.38. The third-order valence-corrected chi connectivity index (χ3v) is 8.32. The topological polar surface area (TPSA) is 119 Å². The molecular weight excluding hydrogens is 594 g/mol. The lowest BCUT2D eigenvalue weighted by atomic mass is 9.99. The fraction of sp³-hybridized carbons (Fsp3) is 0.189. The third-order valence-electron chi connectivity index (χ3n) is 8.32. The minimum Gasteiger partial charge on any atom is -0.462 e. The number of hydrogen-bond donors (Lipinski definition) is 2. The van der Waals surface area contributed by atoms with Gasteiger partial charge in [0.1, 0.15) is 11.5 Å². The van der Waals surface area contributed by atoms with Crippen LogP contribution >= 0.6 is 0 Å². The van der Waals surface area contributed by atoms with Gasteiger partial charge in [-0.1, -0.05) is 72.8 Å². The number of furan rings is 1. The first-order chi connectivity index (χ1) is 22.6. The number of carbonyl (C=O) groups is 3. The van der Waals surface area contributed by atoms with Gasteiger partial charge in [0.05, 0.1) is 30.0 Å². The Hall–Kier alpha value is -5.74. The number of urea groups is 2. The first-order valence-electron chi connectivity index (χ1n) is 15.3. The van der Waals surface area contributed by atoms with Crippen molar-refractivity contribution in [2.45, 2.75) is 32.5 Å². The normalized spacial score (nSPS) is 16.2. The first-order valence-corrected chi connectivity index (χ1v) is 15.3. The van der Waals surface area contributed by atoms with Gasteiger partial charge in [0.2, 0.25) is 0 Å². The van der Waals surface area contributed by atoms with Gasteiger partial charge in [0, 0.05) is 17.0 Å². The number of hydroxylamine groups is 2. The van der Waals surface area contributed by atoms with E-state index in [1.165, 1.54) is 16.0 Å². The van der Waals surface area contributed by atoms with E-state index in [1.807, 2.05) is 91.9 Å². The minimum absolute atomic E-state index is 0.162. The summed E-state index contributed by atoms with van der Waals surface area (Å²) < 4.78 is 5.49. The van der Waals surface area contributed by atoms with Crippen molar-refractivity contribution in [2.75, 3.05) is 23.3 Å². The van der Waals surface area contributed by atoms with Crippen LogP contribution in [0.3, 0.4) is 0 Å². The van der Waals surface area contributed by atoms with Crippen molar-refractivity contribution in [2.24, 2.45) is 4.99 Å². The number of aliphatic imine (C=N–C) groups is 1. The van der Waals surface area contributed by atoms with Crippen LogP contribution in [-0.4, -0.2) is 64.0 Å². The molecule has 1 aliphatic heterocycles. The highest BCUT2D eigenvalue weighted by molar-refractivity contribution is 6.07. The van der Waals surface area contributed by atoms with Crippen molar-refractivity contribution in [1.82, 2.24) is 9.96 Å². The van der Waals surface area contributed by atoms with Gasteiger partial charge < -0.3 is 14.6 Å². The number of nitrogens with one attached hydrogen (secondary N) is 1. The second-order valence-corrected chi connectivity index (χ2v) is 11.9. The zero-order valence-corrected chi connectivity index (χ0v) is 26.3. The summed E-state index contributed by atoms with van der Waals surface area (Å²) in [6, 6.07) is 28.4. The average molecular weight is 630 g/mol. The number of ketones is 1. The van der Waals surface area contributed by atoms with E-state index in [4.69, 9.17) is 4.42 Å². The Morgan fingerprint density at radius 2 is 1.60 bits per heavy atom. The molecule has 6 rings (SSSR count). The summed E-state index contributed by atoms with van der Waals surface area (Å²) in [5.41, 5.74) is -0.212. The maximum Gasteiger partial charge on any atom is 0.347 e. The van der Waals surface area contributed by atoms with Crippen LogP contribution in [-0.2, 0) is 4.79 Å². The van der Waals surface area contributed by atoms with Gasteiger partial charge in [0.25, 0.3) is 0 Å². The number of aryl methyl sites for hydroxylation is 1. The summed E-state index contributed by atoms with van der Waals surface area (Å²) in [6.07, 6.45) is 3.71. The van der Waals surface area contributed by atoms with E-state index >= 15 is 0 Å². The van der Waals surface area contributed by atoms with Gasteiger partial charge in [-0.05, 0) is 68.0 Å². The molecule has 2 N–H and O–H groups in total. The molecule has 10 nitrogen and oxygen atoms in total. The highest BCUT2D eigenvalue weighted by atomic mass is 16.5. The van der Waals surface area contributed by atoms with Crippen LogP contribution in [0.15, 0.2) is 113 Å². The molecule has 1 fully saturated rings. The SMILES string of the molecule is Cc1ccc(C=CC=NCC(=O)CN2C(=O)N(c3cccc4ccccc34)C(N(O)C(=O)Nc3cccc4ccccc34)C2(C)C)o1. The van der Waals surface area contributed by atoms with Crippen LogP contribution in [0.2, 0.25) is 0 Å². The molecule has 2 heterocycles. The fourth-order valence-corrected chi connectivity index (χ4v) is 6.01. The first kappa shape index (κ1) is 31.3. The monoisotopic (exact) mass is 629 g/mol. The molecule has 5 aromatic rings. The maximum absolute atomic E-state index is 14.3. The van der Waals surface area contributed by atoms with Crippen molar-refractivity contribution in [3.05, 3.63) is 115 Å². The van der Waals surface area contributed by atoms with Crippen molar-refractivity contribution in [3.63, 3.8) is 0 Å². The van der Waals surface area contributed by atoms with Gasteiger partial charge in [-0.15, -0.1) is 0 Å². The highest BCUT2D eigenvalue weighted by Gasteiger charge is 2.56. The van der Waals surface area contributed by atoms with Gasteiger partial charge in [-0.3, -0.25) is 19.9 Å². The Bertz CT molecular complexity index is 2020. The standard InChI is InChI=1S/C37H35N5O5/c1-25-20-21-29(47-25)15-10-22-38-23-28(43)24-40-36(45)41(33-19-9-14-27-12-5-7-17-31(27)33)34(37(40,2)3)42(46)35(44)39-32-18-8-13-26-11-4-6-16-30(26)32/h4-22,34,46H,23-24H2,1-3H3,(H,39,44). The average Bonchev–Trinajstić information content (AvgIpc) is 3.57. The Morgan fingerprint density at radius 1 is 0.936 bits per heavy atom. The van der Waals surface area contributed by atoms with Crippen LogP contribution in [0, 0.1) is 6.92 Å². The lowest BCUT2D eigenvalue weighted by Crippen LogP contribution is -2.58. The molecule has 47 heavy (non-hydrogen) atoms. The molecule has 0 spiro atoms. The zero-order valence-electron chi connectivity index (χ0n) is 26.3. The highest BCUT2D eigenvalue weighted by Crippen LogP contribution is 2.40. The lowest BCUT2D eigenvalue weighted by molar-refractivity contribution is -0.121. The summed E-state index contributed by atoms with van der Waals surface area (Å²) >= 11 is 0. The summed E-state index contributed by atoms with van der Waals surface area (Å²) in [4.78, 5) is 48.1. The van der Waals surface area contributed by atoms with Gasteiger partial charge in [-0.25, -0.2) is 9.59 Å². The van der Waals surface area contributed by atoms with Crippen LogP contribution in [0.1, 0.15) is 25.4 Å². The molecular formula is C37H35N5O5. The molecule has 10 heteroatoms. The molecule has 1 unspecified atom stereocenters. The number of amides is 4. The van der Waals surface area contributed by atoms with E-state index in [-0.39, 0.29) is 18.9 Å². The molecule has 1 aliphatic rings. The van der Waals surface area contributed by atoms with Crippen molar-refractivity contribution < 1.29 is 24.0 Å². The summed E-state index contributed by atoms with van der Waals surface area (Å²) in [7, 11) is 0. The summed E-state index contributed by atoms with van der Waals surface area (Å²) in [5, 5.41) is 18.3. The minimum atomic E-state index is -1.21. The molecule has 238 valence electrons. The molecule has 4 amide bonds. The summed E-state index contributed by atoms with van der Waals surface area (Å²) in [6.45, 7) is 4.86. The second kappa shape index (κ2) is 12.9. The van der Waals surface area contributed by atoms with E-state index in [2.05, 4.69) is 10.3 Å². The number of carbonyl (C=O) groups excluding carboxylic acids is 3. The van der Waals surface area contributed by atoms with Gasteiger partial charge >= 0.3 is 12.1 Å². The van der Waals surface area contributed by atoms with Crippen molar-refractivity contribution >= 4 is 63.1 Å². The number of benzene rings is 4. The van der Waals surface area contributed by atoms with Gasteiger partial charge in [0.15, 0.2) is 11.9 Å². The van der Waals surface area contributed by atoms with Crippen LogP contribution in [0.25, 0.3) is 27.6 Å². The molecule has 0 bridgehead atoms. The van der Waals surface area contributed by atoms with Crippen molar-refractivity contribution in [3.8, 4) is 0 Å². The Labute approximate surface area is 272 Å². The maximum atomic E-state index is 14.3. The Morgan fingerprint density at radius 3 is 2.32 bits per heavy atom.